The first-order valence-electron chi connectivity index (χ1n) is 14.7. The van der Waals surface area contributed by atoms with Crippen molar-refractivity contribution in [3.05, 3.63) is 89.5 Å². The molecule has 44 heavy (non-hydrogen) atoms. The van der Waals surface area contributed by atoms with Crippen LogP contribution in [0.25, 0.3) is 11.1 Å². The molecule has 0 heterocycles. The first-order chi connectivity index (χ1) is 21.1. The number of likely N-dealkylation sites (N-methyl/N-ethyl adjacent to an activating group) is 1. The number of carbonyl (C=O) groups is 4. The van der Waals surface area contributed by atoms with Crippen LogP contribution in [0.15, 0.2) is 72.8 Å². The number of anilines is 1. The predicted octanol–water partition coefficient (Wildman–Crippen LogP) is 3.88. The van der Waals surface area contributed by atoms with E-state index in [0.29, 0.717) is 18.7 Å². The Labute approximate surface area is 257 Å². The summed E-state index contributed by atoms with van der Waals surface area (Å²) in [5, 5.41) is 8.15. The number of amides is 5. The average molecular weight is 601 g/mol. The lowest BCUT2D eigenvalue weighted by atomic mass is 10.0. The number of ether oxygens (including phenoxy) is 1. The van der Waals surface area contributed by atoms with E-state index in [1.165, 1.54) is 11.9 Å². The Hall–Kier alpha value is -4.90. The summed E-state index contributed by atoms with van der Waals surface area (Å²) in [6.07, 6.45) is -0.702. The number of benzene rings is 3. The summed E-state index contributed by atoms with van der Waals surface area (Å²) in [5.74, 6) is -1.26. The maximum absolute atomic E-state index is 13.7. The van der Waals surface area contributed by atoms with Crippen molar-refractivity contribution in [1.82, 2.24) is 15.5 Å². The molecule has 1 aliphatic carbocycles. The van der Waals surface area contributed by atoms with Crippen LogP contribution in [0.2, 0.25) is 0 Å². The molecule has 0 bridgehead atoms. The van der Waals surface area contributed by atoms with Gasteiger partial charge in [0, 0.05) is 37.0 Å². The lowest BCUT2D eigenvalue weighted by molar-refractivity contribution is -0.131. The van der Waals surface area contributed by atoms with Gasteiger partial charge in [-0.1, -0.05) is 74.5 Å². The molecule has 11 heteroatoms. The van der Waals surface area contributed by atoms with E-state index in [-0.39, 0.29) is 18.9 Å². The second-order valence-electron chi connectivity index (χ2n) is 11.1. The molecule has 0 saturated carbocycles. The summed E-state index contributed by atoms with van der Waals surface area (Å²) in [5.41, 5.74) is 16.0. The Morgan fingerprint density at radius 2 is 1.55 bits per heavy atom. The third-order valence-corrected chi connectivity index (χ3v) is 7.63. The van der Waals surface area contributed by atoms with Crippen LogP contribution < -0.4 is 27.4 Å². The van der Waals surface area contributed by atoms with E-state index in [4.69, 9.17) is 16.2 Å². The number of rotatable bonds is 12. The molecule has 2 atom stereocenters. The zero-order chi connectivity index (χ0) is 31.8. The van der Waals surface area contributed by atoms with E-state index in [9.17, 15) is 19.2 Å². The number of hydrogen-bond donors (Lipinski definition) is 5. The summed E-state index contributed by atoms with van der Waals surface area (Å²) in [6, 6.07) is 20.1. The molecular weight excluding hydrogens is 560 g/mol. The normalized spacial score (nSPS) is 13.3. The van der Waals surface area contributed by atoms with Crippen molar-refractivity contribution in [2.45, 2.75) is 51.4 Å². The number of fused-ring (bicyclic) bond motifs is 3. The van der Waals surface area contributed by atoms with E-state index in [1.807, 2.05) is 68.4 Å². The zero-order valence-electron chi connectivity index (χ0n) is 25.2. The maximum Gasteiger partial charge on any atom is 0.411 e. The second-order valence-corrected chi connectivity index (χ2v) is 11.1. The van der Waals surface area contributed by atoms with Crippen molar-refractivity contribution in [1.29, 1.82) is 0 Å². The van der Waals surface area contributed by atoms with Gasteiger partial charge in [0.05, 0.1) is 0 Å². The molecule has 0 radical (unpaired) electrons. The average Bonchev–Trinajstić information content (AvgIpc) is 3.31. The topological polar surface area (TPSA) is 169 Å². The minimum atomic E-state index is -0.960. The van der Waals surface area contributed by atoms with Crippen LogP contribution in [0.4, 0.5) is 15.3 Å². The summed E-state index contributed by atoms with van der Waals surface area (Å²) in [4.78, 5) is 53.0. The van der Waals surface area contributed by atoms with Gasteiger partial charge in [-0.15, -0.1) is 0 Å². The van der Waals surface area contributed by atoms with Crippen LogP contribution in [0.5, 0.6) is 0 Å². The Kier molecular flexibility index (Phi) is 10.6. The lowest BCUT2D eigenvalue weighted by Crippen LogP contribution is -2.55. The third-order valence-electron chi connectivity index (χ3n) is 7.63. The molecule has 0 fully saturated rings. The molecule has 0 spiro atoms. The standard InChI is InChI=1S/C33H40N6O5/c1-20(2)28(39(3)33(43)44-29-25-14-6-4-12-23(25)24-13-5-7-15-26(24)29)31(41)38-27(16-9-17-36-32(35)42)30(40)37-22-11-8-10-21(18-22)19-34/h4-8,10-15,18,20,27-29H,9,16-17,19,34H2,1-3H3,(H,37,40)(H,38,41)(H3,35,36,42)/t27-,28-/m0/s1. The molecular formula is C33H40N6O5. The van der Waals surface area contributed by atoms with Gasteiger partial charge in [-0.3, -0.25) is 14.5 Å². The Morgan fingerprint density at radius 1 is 0.909 bits per heavy atom. The highest BCUT2D eigenvalue weighted by Gasteiger charge is 2.37. The van der Waals surface area contributed by atoms with Crippen LogP contribution in [-0.4, -0.2) is 54.5 Å². The van der Waals surface area contributed by atoms with Crippen LogP contribution in [0.1, 0.15) is 49.5 Å². The number of nitrogens with one attached hydrogen (secondary N) is 3. The van der Waals surface area contributed by atoms with Gasteiger partial charge in [0.25, 0.3) is 0 Å². The molecule has 4 rings (SSSR count). The maximum atomic E-state index is 13.7. The van der Waals surface area contributed by atoms with Gasteiger partial charge in [-0.05, 0) is 47.6 Å². The number of primary amides is 1. The molecule has 3 aromatic rings. The lowest BCUT2D eigenvalue weighted by Gasteiger charge is -2.32. The Bertz CT molecular complexity index is 1460. The van der Waals surface area contributed by atoms with Gasteiger partial charge in [-0.25, -0.2) is 9.59 Å². The SMILES string of the molecule is CC(C)[C@@H](C(=O)N[C@@H](CCCNC(N)=O)C(=O)Nc1cccc(CN)c1)N(C)C(=O)OC1c2ccccc2-c2ccccc21. The van der Waals surface area contributed by atoms with Crippen LogP contribution >= 0.6 is 0 Å². The van der Waals surface area contributed by atoms with Gasteiger partial charge in [0.1, 0.15) is 12.1 Å². The fraction of sp³-hybridized carbons (Fsp3) is 0.333. The van der Waals surface area contributed by atoms with Gasteiger partial charge in [-0.2, -0.15) is 0 Å². The number of urea groups is 1. The van der Waals surface area contributed by atoms with Crippen molar-refractivity contribution >= 4 is 29.6 Å². The summed E-state index contributed by atoms with van der Waals surface area (Å²) >= 11 is 0. The monoisotopic (exact) mass is 600 g/mol. The third kappa shape index (κ3) is 7.54. The fourth-order valence-electron chi connectivity index (χ4n) is 5.51. The number of carbonyl (C=O) groups excluding carboxylic acids is 4. The predicted molar refractivity (Wildman–Crippen MR) is 168 cm³/mol. The summed E-state index contributed by atoms with van der Waals surface area (Å²) < 4.78 is 6.03. The molecule has 0 saturated heterocycles. The van der Waals surface area contributed by atoms with Crippen LogP contribution in [0.3, 0.4) is 0 Å². The molecule has 0 aliphatic heterocycles. The minimum absolute atomic E-state index is 0.211. The van der Waals surface area contributed by atoms with Gasteiger partial charge >= 0.3 is 12.1 Å². The van der Waals surface area contributed by atoms with Crippen LogP contribution in [0, 0.1) is 5.92 Å². The quantitative estimate of drug-likeness (QED) is 0.198. The van der Waals surface area contributed by atoms with Gasteiger partial charge in [0.15, 0.2) is 6.10 Å². The summed E-state index contributed by atoms with van der Waals surface area (Å²) in [6.45, 7) is 4.16. The van der Waals surface area contributed by atoms with Crippen molar-refractivity contribution < 1.29 is 23.9 Å². The molecule has 11 nitrogen and oxygen atoms in total. The molecule has 232 valence electrons. The van der Waals surface area contributed by atoms with Crippen molar-refractivity contribution in [3.63, 3.8) is 0 Å². The number of nitrogens with two attached hydrogens (primary N) is 2. The van der Waals surface area contributed by atoms with Crippen molar-refractivity contribution in [3.8, 4) is 11.1 Å². The van der Waals surface area contributed by atoms with E-state index in [1.54, 1.807) is 18.2 Å². The Morgan fingerprint density at radius 3 is 2.14 bits per heavy atom. The second kappa shape index (κ2) is 14.5. The van der Waals surface area contributed by atoms with Crippen molar-refractivity contribution in [2.75, 3.05) is 18.9 Å². The molecule has 5 amide bonds. The highest BCUT2D eigenvalue weighted by atomic mass is 16.6. The molecule has 3 aromatic carbocycles. The molecule has 7 N–H and O–H groups in total. The fourth-order valence-corrected chi connectivity index (χ4v) is 5.51. The largest absolute Gasteiger partial charge is 0.436 e. The molecule has 1 aliphatic rings. The molecule has 0 unspecified atom stereocenters. The van der Waals surface area contributed by atoms with Gasteiger partial charge in [0.2, 0.25) is 11.8 Å². The number of nitrogens with zero attached hydrogens (tertiary/aromatic N) is 1. The highest BCUT2D eigenvalue weighted by molar-refractivity contribution is 5.98. The van der Waals surface area contributed by atoms with Crippen molar-refractivity contribution in [2.24, 2.45) is 17.4 Å². The van der Waals surface area contributed by atoms with E-state index in [2.05, 4.69) is 16.0 Å². The van der Waals surface area contributed by atoms with E-state index < -0.39 is 42.1 Å². The highest BCUT2D eigenvalue weighted by Crippen LogP contribution is 2.45. The van der Waals surface area contributed by atoms with E-state index in [0.717, 1.165) is 27.8 Å². The smallest absolute Gasteiger partial charge is 0.411 e. The zero-order valence-corrected chi connectivity index (χ0v) is 25.2. The number of hydrogen-bond acceptors (Lipinski definition) is 6. The van der Waals surface area contributed by atoms with Gasteiger partial charge < -0.3 is 32.2 Å². The minimum Gasteiger partial charge on any atom is -0.436 e. The Balaban J connectivity index is 1.49. The van der Waals surface area contributed by atoms with E-state index >= 15 is 0 Å². The molecule has 0 aromatic heterocycles. The summed E-state index contributed by atoms with van der Waals surface area (Å²) in [7, 11) is 1.52. The first kappa shape index (κ1) is 32.0. The first-order valence-corrected chi connectivity index (χ1v) is 14.7. The van der Waals surface area contributed by atoms with Crippen LogP contribution in [-0.2, 0) is 20.9 Å².